The van der Waals surface area contributed by atoms with Crippen LogP contribution in [0, 0.1) is 0 Å². The predicted molar refractivity (Wildman–Crippen MR) is 25.6 cm³/mol. The zero-order chi connectivity index (χ0) is 5.91. The SMILES string of the molecule is C/C=C/C(F)(F)Cl. The van der Waals surface area contributed by atoms with E-state index in [0.717, 1.165) is 0 Å². The second-order valence-corrected chi connectivity index (χ2v) is 1.55. The number of alkyl halides is 3. The first-order chi connectivity index (χ1) is 3.06. The second kappa shape index (κ2) is 2.26. The minimum Gasteiger partial charge on any atom is -0.184 e. The second-order valence-electron chi connectivity index (χ2n) is 1.04. The summed E-state index contributed by atoms with van der Waals surface area (Å²) in [5.74, 6) is 0. The van der Waals surface area contributed by atoms with Gasteiger partial charge in [0.25, 0.3) is 0 Å². The molecule has 0 aromatic carbocycles. The molecule has 7 heavy (non-hydrogen) atoms. The van der Waals surface area contributed by atoms with Crippen LogP contribution in [-0.2, 0) is 0 Å². The lowest BCUT2D eigenvalue weighted by molar-refractivity contribution is 0.153. The number of halogens is 3. The molecule has 0 unspecified atom stereocenters. The van der Waals surface area contributed by atoms with Gasteiger partial charge < -0.3 is 0 Å². The van der Waals surface area contributed by atoms with Crippen molar-refractivity contribution in [1.29, 1.82) is 0 Å². The molecule has 0 aliphatic heterocycles. The van der Waals surface area contributed by atoms with Crippen molar-refractivity contribution in [3.63, 3.8) is 0 Å². The number of allylic oxidation sites excluding steroid dienone is 2. The highest BCUT2D eigenvalue weighted by atomic mass is 35.5. The summed E-state index contributed by atoms with van der Waals surface area (Å²) in [7, 11) is 0. The molecule has 0 saturated carbocycles. The van der Waals surface area contributed by atoms with Crippen molar-refractivity contribution in [2.45, 2.75) is 12.3 Å². The standard InChI is InChI=1S/C4H5ClF2/c1-2-3-4(5,6)7/h2-3H,1H3/b3-2+. The molecule has 0 radical (unpaired) electrons. The van der Waals surface area contributed by atoms with E-state index in [1.807, 2.05) is 0 Å². The lowest BCUT2D eigenvalue weighted by Crippen LogP contribution is -1.97. The maximum Gasteiger partial charge on any atom is 0.341 e. The summed E-state index contributed by atoms with van der Waals surface area (Å²) in [4.78, 5) is 0. The van der Waals surface area contributed by atoms with Crippen molar-refractivity contribution in [3.8, 4) is 0 Å². The zero-order valence-corrected chi connectivity index (χ0v) is 4.54. The first-order valence-corrected chi connectivity index (χ1v) is 2.14. The molecule has 0 N–H and O–H groups in total. The van der Waals surface area contributed by atoms with Crippen LogP contribution in [0.3, 0.4) is 0 Å². The summed E-state index contributed by atoms with van der Waals surface area (Å²) in [5.41, 5.74) is 0. The van der Waals surface area contributed by atoms with Gasteiger partial charge in [0, 0.05) is 0 Å². The highest BCUT2D eigenvalue weighted by Crippen LogP contribution is 2.19. The van der Waals surface area contributed by atoms with Crippen LogP contribution in [0.5, 0.6) is 0 Å². The molecule has 0 atom stereocenters. The van der Waals surface area contributed by atoms with Crippen molar-refractivity contribution in [2.75, 3.05) is 0 Å². The molecule has 0 fully saturated rings. The summed E-state index contributed by atoms with van der Waals surface area (Å²) in [6, 6.07) is 0. The van der Waals surface area contributed by atoms with Crippen LogP contribution >= 0.6 is 11.6 Å². The number of hydrogen-bond donors (Lipinski definition) is 0. The topological polar surface area (TPSA) is 0 Å². The summed E-state index contributed by atoms with van der Waals surface area (Å²) in [6.07, 6.45) is 1.82. The maximum absolute atomic E-state index is 11.4. The molecule has 0 amide bonds. The molecule has 0 saturated heterocycles. The van der Waals surface area contributed by atoms with Gasteiger partial charge in [0.1, 0.15) is 0 Å². The fourth-order valence-electron chi connectivity index (χ4n) is 0.189. The van der Waals surface area contributed by atoms with E-state index in [1.165, 1.54) is 13.0 Å². The minimum atomic E-state index is -3.16. The van der Waals surface area contributed by atoms with E-state index < -0.39 is 5.38 Å². The Balaban J connectivity index is 3.56. The molecule has 0 rings (SSSR count). The first kappa shape index (κ1) is 6.89. The third-order valence-corrected chi connectivity index (χ3v) is 0.482. The fourth-order valence-corrected chi connectivity index (χ4v) is 0.315. The third-order valence-electron chi connectivity index (χ3n) is 0.356. The minimum absolute atomic E-state index is 0.620. The van der Waals surface area contributed by atoms with Gasteiger partial charge in [-0.3, -0.25) is 0 Å². The van der Waals surface area contributed by atoms with Crippen LogP contribution in [0.15, 0.2) is 12.2 Å². The highest BCUT2D eigenvalue weighted by Gasteiger charge is 2.17. The highest BCUT2D eigenvalue weighted by molar-refractivity contribution is 6.22. The summed E-state index contributed by atoms with van der Waals surface area (Å²) in [5, 5.41) is -3.16. The fraction of sp³-hybridized carbons (Fsp3) is 0.500. The van der Waals surface area contributed by atoms with E-state index in [0.29, 0.717) is 6.08 Å². The zero-order valence-electron chi connectivity index (χ0n) is 3.79. The Bertz CT molecular complexity index is 72.2. The van der Waals surface area contributed by atoms with Gasteiger partial charge in [0.05, 0.1) is 0 Å². The van der Waals surface area contributed by atoms with E-state index in [1.54, 1.807) is 0 Å². The molecular weight excluding hydrogens is 121 g/mol. The Kier molecular flexibility index (Phi) is 2.23. The molecule has 0 aromatic rings. The molecule has 0 aliphatic carbocycles. The van der Waals surface area contributed by atoms with Gasteiger partial charge in [-0.2, -0.15) is 8.78 Å². The summed E-state index contributed by atoms with van der Waals surface area (Å²) < 4.78 is 22.8. The van der Waals surface area contributed by atoms with Gasteiger partial charge in [0.15, 0.2) is 0 Å². The molecule has 42 valence electrons. The first-order valence-electron chi connectivity index (χ1n) is 1.77. The monoisotopic (exact) mass is 126 g/mol. The molecule has 3 heteroatoms. The molecule has 0 spiro atoms. The van der Waals surface area contributed by atoms with Crippen molar-refractivity contribution in [2.24, 2.45) is 0 Å². The summed E-state index contributed by atoms with van der Waals surface area (Å²) >= 11 is 4.41. The van der Waals surface area contributed by atoms with E-state index in [-0.39, 0.29) is 0 Å². The van der Waals surface area contributed by atoms with Gasteiger partial charge in [-0.05, 0) is 24.6 Å². The quantitative estimate of drug-likeness (QED) is 0.374. The van der Waals surface area contributed by atoms with Crippen LogP contribution < -0.4 is 0 Å². The average Bonchev–Trinajstić information content (AvgIpc) is 1.30. The van der Waals surface area contributed by atoms with Gasteiger partial charge >= 0.3 is 5.38 Å². The van der Waals surface area contributed by atoms with Crippen LogP contribution in [0.4, 0.5) is 8.78 Å². The van der Waals surface area contributed by atoms with Gasteiger partial charge in [0.2, 0.25) is 0 Å². The van der Waals surface area contributed by atoms with Crippen LogP contribution in [0.2, 0.25) is 0 Å². The number of hydrogen-bond acceptors (Lipinski definition) is 0. The van der Waals surface area contributed by atoms with Crippen LogP contribution in [0.25, 0.3) is 0 Å². The third kappa shape index (κ3) is 5.89. The Labute approximate surface area is 45.8 Å². The average molecular weight is 127 g/mol. The lowest BCUT2D eigenvalue weighted by Gasteiger charge is -1.95. The molecule has 0 heterocycles. The molecular formula is C4H5ClF2. The Hall–Kier alpha value is -0.110. The van der Waals surface area contributed by atoms with Gasteiger partial charge in [-0.1, -0.05) is 6.08 Å². The lowest BCUT2D eigenvalue weighted by atomic mass is 10.5. The van der Waals surface area contributed by atoms with Gasteiger partial charge in [-0.15, -0.1) is 0 Å². The molecule has 0 bridgehead atoms. The van der Waals surface area contributed by atoms with E-state index in [9.17, 15) is 8.78 Å². The molecule has 0 aromatic heterocycles. The Morgan fingerprint density at radius 3 is 2.00 bits per heavy atom. The number of rotatable bonds is 1. The van der Waals surface area contributed by atoms with Crippen molar-refractivity contribution < 1.29 is 8.78 Å². The Morgan fingerprint density at radius 1 is 1.57 bits per heavy atom. The van der Waals surface area contributed by atoms with Crippen molar-refractivity contribution >= 4 is 11.6 Å². The molecule has 0 nitrogen and oxygen atoms in total. The summed E-state index contributed by atoms with van der Waals surface area (Å²) in [6.45, 7) is 1.48. The smallest absolute Gasteiger partial charge is 0.184 e. The Morgan fingerprint density at radius 2 is 2.00 bits per heavy atom. The predicted octanol–water partition coefficient (Wildman–Crippen LogP) is 2.39. The van der Waals surface area contributed by atoms with E-state index in [4.69, 9.17) is 0 Å². The maximum atomic E-state index is 11.4. The van der Waals surface area contributed by atoms with E-state index >= 15 is 0 Å². The normalized spacial score (nSPS) is 13.1. The van der Waals surface area contributed by atoms with Crippen molar-refractivity contribution in [1.82, 2.24) is 0 Å². The van der Waals surface area contributed by atoms with Crippen LogP contribution in [0.1, 0.15) is 6.92 Å². The van der Waals surface area contributed by atoms with Crippen molar-refractivity contribution in [3.05, 3.63) is 12.2 Å². The van der Waals surface area contributed by atoms with Gasteiger partial charge in [-0.25, -0.2) is 0 Å². The van der Waals surface area contributed by atoms with E-state index in [2.05, 4.69) is 11.6 Å². The van der Waals surface area contributed by atoms with Crippen LogP contribution in [-0.4, -0.2) is 5.38 Å². The molecule has 0 aliphatic rings. The largest absolute Gasteiger partial charge is 0.341 e.